The summed E-state index contributed by atoms with van der Waals surface area (Å²) in [4.78, 5) is 13.5. The number of halogens is 1. The number of hydrogen-bond acceptors (Lipinski definition) is 4. The van der Waals surface area contributed by atoms with Crippen molar-refractivity contribution in [1.82, 2.24) is 4.90 Å². The molecule has 0 fully saturated rings. The van der Waals surface area contributed by atoms with Crippen LogP contribution in [-0.2, 0) is 9.53 Å². The number of ether oxygens (including phenoxy) is 1. The third-order valence-electron chi connectivity index (χ3n) is 2.96. The van der Waals surface area contributed by atoms with Gasteiger partial charge in [0, 0.05) is 12.1 Å². The zero-order valence-corrected chi connectivity index (χ0v) is 11.5. The number of aliphatic hydroxyl groups excluding tert-OH is 1. The van der Waals surface area contributed by atoms with Crippen molar-refractivity contribution >= 4 is 5.97 Å². The Hall–Kier alpha value is -1.46. The van der Waals surface area contributed by atoms with Crippen molar-refractivity contribution in [3.8, 4) is 0 Å². The molecule has 106 valence electrons. The molecule has 0 radical (unpaired) electrons. The predicted molar refractivity (Wildman–Crippen MR) is 70.1 cm³/mol. The molecule has 1 aromatic carbocycles. The Labute approximate surface area is 112 Å². The number of nitrogens with zero attached hydrogens (tertiary/aromatic N) is 1. The first kappa shape index (κ1) is 15.6. The average Bonchev–Trinajstić information content (AvgIpc) is 2.38. The Balaban J connectivity index is 2.95. The Morgan fingerprint density at radius 3 is 2.63 bits per heavy atom. The number of carbonyl (C=O) groups excluding carboxylic acids is 1. The van der Waals surface area contributed by atoms with Crippen LogP contribution in [0.4, 0.5) is 4.39 Å². The molecule has 0 spiro atoms. The van der Waals surface area contributed by atoms with Crippen LogP contribution in [-0.4, -0.2) is 42.8 Å². The number of likely N-dealkylation sites (N-methyl/N-ethyl adjacent to an activating group) is 1. The van der Waals surface area contributed by atoms with E-state index < -0.39 is 23.9 Å². The molecule has 1 rings (SSSR count). The van der Waals surface area contributed by atoms with Gasteiger partial charge >= 0.3 is 5.97 Å². The van der Waals surface area contributed by atoms with E-state index in [0.29, 0.717) is 13.0 Å². The first-order valence-corrected chi connectivity index (χ1v) is 6.18. The Morgan fingerprint density at radius 2 is 2.11 bits per heavy atom. The molecule has 0 heterocycles. The maximum Gasteiger partial charge on any atom is 0.327 e. The summed E-state index contributed by atoms with van der Waals surface area (Å²) in [6, 6.07) is 5.33. The van der Waals surface area contributed by atoms with Gasteiger partial charge in [-0.2, -0.15) is 0 Å². The molecule has 2 atom stereocenters. The standard InChI is InChI=1S/C14H20FNO3/c1-10(17)8-9-16(2)13(14(18)19-3)11-6-4-5-7-12(11)15/h4-7,10,13,17H,8-9H2,1-3H3. The Bertz CT molecular complexity index is 423. The van der Waals surface area contributed by atoms with Crippen LogP contribution in [0.1, 0.15) is 24.9 Å². The topological polar surface area (TPSA) is 49.8 Å². The molecule has 0 saturated carbocycles. The zero-order valence-electron chi connectivity index (χ0n) is 11.5. The van der Waals surface area contributed by atoms with Crippen molar-refractivity contribution in [3.63, 3.8) is 0 Å². The fourth-order valence-electron chi connectivity index (χ4n) is 1.87. The fraction of sp³-hybridized carbons (Fsp3) is 0.500. The minimum absolute atomic E-state index is 0.280. The number of carbonyl (C=O) groups is 1. The summed E-state index contributed by atoms with van der Waals surface area (Å²) < 4.78 is 18.6. The van der Waals surface area contributed by atoms with Gasteiger partial charge in [0.15, 0.2) is 0 Å². The van der Waals surface area contributed by atoms with Crippen LogP contribution in [0, 0.1) is 5.82 Å². The Morgan fingerprint density at radius 1 is 1.47 bits per heavy atom. The van der Waals surface area contributed by atoms with Crippen molar-refractivity contribution < 1.29 is 19.0 Å². The number of esters is 1. The minimum Gasteiger partial charge on any atom is -0.468 e. The van der Waals surface area contributed by atoms with E-state index in [1.54, 1.807) is 37.1 Å². The van der Waals surface area contributed by atoms with Crippen LogP contribution in [0.2, 0.25) is 0 Å². The molecule has 0 bridgehead atoms. The molecule has 0 amide bonds. The van der Waals surface area contributed by atoms with E-state index in [1.807, 2.05) is 0 Å². The van der Waals surface area contributed by atoms with Crippen LogP contribution in [0.15, 0.2) is 24.3 Å². The van der Waals surface area contributed by atoms with Crippen molar-refractivity contribution in [2.45, 2.75) is 25.5 Å². The van der Waals surface area contributed by atoms with Gasteiger partial charge in [0.1, 0.15) is 11.9 Å². The summed E-state index contributed by atoms with van der Waals surface area (Å²) in [6.07, 6.45) is 0.0275. The molecule has 0 aliphatic heterocycles. The van der Waals surface area contributed by atoms with Gasteiger partial charge in [-0.05, 0) is 26.5 Å². The minimum atomic E-state index is -0.801. The second-order valence-corrected chi connectivity index (χ2v) is 4.57. The van der Waals surface area contributed by atoms with Gasteiger partial charge in [-0.1, -0.05) is 18.2 Å². The molecule has 5 heteroatoms. The molecule has 0 saturated heterocycles. The molecular weight excluding hydrogens is 249 g/mol. The van der Waals surface area contributed by atoms with Crippen LogP contribution < -0.4 is 0 Å². The molecule has 19 heavy (non-hydrogen) atoms. The highest BCUT2D eigenvalue weighted by Gasteiger charge is 2.28. The smallest absolute Gasteiger partial charge is 0.327 e. The van der Waals surface area contributed by atoms with Crippen molar-refractivity contribution in [2.24, 2.45) is 0 Å². The lowest BCUT2D eigenvalue weighted by atomic mass is 10.0. The number of hydrogen-bond donors (Lipinski definition) is 1. The van der Waals surface area contributed by atoms with Gasteiger partial charge in [0.05, 0.1) is 13.2 Å². The van der Waals surface area contributed by atoms with Gasteiger partial charge in [0.25, 0.3) is 0 Å². The largest absolute Gasteiger partial charge is 0.468 e. The van der Waals surface area contributed by atoms with Gasteiger partial charge in [0.2, 0.25) is 0 Å². The van der Waals surface area contributed by atoms with E-state index in [1.165, 1.54) is 13.2 Å². The normalized spacial score (nSPS) is 14.2. The van der Waals surface area contributed by atoms with Crippen LogP contribution in [0.3, 0.4) is 0 Å². The van der Waals surface area contributed by atoms with Gasteiger partial charge in [-0.3, -0.25) is 4.90 Å². The highest BCUT2D eigenvalue weighted by molar-refractivity contribution is 5.77. The van der Waals surface area contributed by atoms with Crippen molar-refractivity contribution in [2.75, 3.05) is 20.7 Å². The van der Waals surface area contributed by atoms with Crippen LogP contribution in [0.5, 0.6) is 0 Å². The summed E-state index contributed by atoms with van der Waals surface area (Å²) >= 11 is 0. The van der Waals surface area contributed by atoms with E-state index in [4.69, 9.17) is 4.74 Å². The van der Waals surface area contributed by atoms with Crippen LogP contribution >= 0.6 is 0 Å². The fourth-order valence-corrected chi connectivity index (χ4v) is 1.87. The average molecular weight is 269 g/mol. The molecule has 0 aliphatic carbocycles. The summed E-state index contributed by atoms with van der Waals surface area (Å²) in [7, 11) is 2.98. The number of aliphatic hydroxyl groups is 1. The molecule has 4 nitrogen and oxygen atoms in total. The summed E-state index contributed by atoms with van der Waals surface area (Å²) in [6.45, 7) is 2.13. The van der Waals surface area contributed by atoms with E-state index in [0.717, 1.165) is 0 Å². The molecule has 2 unspecified atom stereocenters. The SMILES string of the molecule is COC(=O)C(c1ccccc1F)N(C)CCC(C)O. The third kappa shape index (κ3) is 4.29. The molecule has 0 aliphatic rings. The number of benzene rings is 1. The molecule has 1 N–H and O–H groups in total. The lowest BCUT2D eigenvalue weighted by molar-refractivity contribution is -0.147. The van der Waals surface area contributed by atoms with Crippen molar-refractivity contribution in [1.29, 1.82) is 0 Å². The number of methoxy groups -OCH3 is 1. The first-order chi connectivity index (χ1) is 8.97. The van der Waals surface area contributed by atoms with E-state index in [2.05, 4.69) is 0 Å². The summed E-state index contributed by atoms with van der Waals surface area (Å²) in [5.74, 6) is -0.958. The van der Waals surface area contributed by atoms with Gasteiger partial charge in [-0.25, -0.2) is 9.18 Å². The van der Waals surface area contributed by atoms with E-state index >= 15 is 0 Å². The first-order valence-electron chi connectivity index (χ1n) is 6.18. The predicted octanol–water partition coefficient (Wildman–Crippen LogP) is 1.74. The lowest BCUT2D eigenvalue weighted by Gasteiger charge is -2.26. The van der Waals surface area contributed by atoms with Gasteiger partial charge < -0.3 is 9.84 Å². The zero-order chi connectivity index (χ0) is 14.4. The van der Waals surface area contributed by atoms with Gasteiger partial charge in [-0.15, -0.1) is 0 Å². The van der Waals surface area contributed by atoms with Crippen LogP contribution in [0.25, 0.3) is 0 Å². The second kappa shape index (κ2) is 7.21. The Kier molecular flexibility index (Phi) is 5.92. The van der Waals surface area contributed by atoms with Crippen molar-refractivity contribution in [3.05, 3.63) is 35.6 Å². The molecule has 1 aromatic rings. The summed E-state index contributed by atoms with van der Waals surface area (Å²) in [5, 5.41) is 9.29. The molecule has 0 aromatic heterocycles. The number of rotatable bonds is 6. The lowest BCUT2D eigenvalue weighted by Crippen LogP contribution is -2.34. The summed E-state index contributed by atoms with van der Waals surface area (Å²) in [5.41, 5.74) is 0.280. The highest BCUT2D eigenvalue weighted by atomic mass is 19.1. The third-order valence-corrected chi connectivity index (χ3v) is 2.96. The second-order valence-electron chi connectivity index (χ2n) is 4.57. The maximum absolute atomic E-state index is 13.8. The van der Waals surface area contributed by atoms with E-state index in [9.17, 15) is 14.3 Å². The monoisotopic (exact) mass is 269 g/mol. The molecular formula is C14H20FNO3. The maximum atomic E-state index is 13.8. The van der Waals surface area contributed by atoms with E-state index in [-0.39, 0.29) is 5.56 Å². The highest BCUT2D eigenvalue weighted by Crippen LogP contribution is 2.23. The quantitative estimate of drug-likeness (QED) is 0.799.